The molecule has 0 aromatic heterocycles. The number of amides is 2. The lowest BCUT2D eigenvalue weighted by Crippen LogP contribution is -2.38. The number of carbonyl (C=O) groups is 1. The van der Waals surface area contributed by atoms with E-state index in [1.165, 1.54) is 17.2 Å². The van der Waals surface area contributed by atoms with Crippen molar-refractivity contribution in [2.75, 3.05) is 0 Å². The Morgan fingerprint density at radius 3 is 2.91 bits per heavy atom. The van der Waals surface area contributed by atoms with E-state index in [0.717, 1.165) is 24.8 Å². The number of urea groups is 1. The van der Waals surface area contributed by atoms with E-state index < -0.39 is 0 Å². The second-order valence-corrected chi connectivity index (χ2v) is 6.05. The highest BCUT2D eigenvalue weighted by molar-refractivity contribution is 5.74. The number of hydrogen-bond acceptors (Lipinski definition) is 1. The fraction of sp³-hybridized carbons (Fsp3) is 0.316. The topological polar surface area (TPSA) is 41.1 Å². The fourth-order valence-electron chi connectivity index (χ4n) is 3.04. The summed E-state index contributed by atoms with van der Waals surface area (Å²) in [6.07, 6.45) is 3.09. The summed E-state index contributed by atoms with van der Waals surface area (Å²) >= 11 is 0. The standard InChI is InChI=1S/C19H21FN2O/c1-13-9-10-14(11-17(13)20)12-21-19(23)22-18-8-4-6-15-5-2-3-7-16(15)18/h2-3,5,7,9-11,18H,4,6,8,12H2,1H3,(H2,21,22,23). The monoisotopic (exact) mass is 312 g/mol. The third kappa shape index (κ3) is 3.70. The third-order valence-corrected chi connectivity index (χ3v) is 4.36. The van der Waals surface area contributed by atoms with Crippen LogP contribution in [0.1, 0.15) is 41.1 Å². The molecule has 1 unspecified atom stereocenters. The zero-order chi connectivity index (χ0) is 16.2. The van der Waals surface area contributed by atoms with Gasteiger partial charge in [-0.15, -0.1) is 0 Å². The molecule has 2 aromatic rings. The van der Waals surface area contributed by atoms with Crippen LogP contribution in [0.5, 0.6) is 0 Å². The van der Waals surface area contributed by atoms with Gasteiger partial charge in [0.25, 0.3) is 0 Å². The molecule has 0 aliphatic heterocycles. The van der Waals surface area contributed by atoms with Crippen molar-refractivity contribution < 1.29 is 9.18 Å². The maximum atomic E-state index is 13.5. The first kappa shape index (κ1) is 15.5. The van der Waals surface area contributed by atoms with E-state index in [4.69, 9.17) is 0 Å². The van der Waals surface area contributed by atoms with Crippen molar-refractivity contribution in [3.8, 4) is 0 Å². The molecular formula is C19H21FN2O. The van der Waals surface area contributed by atoms with Crippen molar-refractivity contribution in [2.24, 2.45) is 0 Å². The van der Waals surface area contributed by atoms with Gasteiger partial charge in [-0.05, 0) is 54.5 Å². The van der Waals surface area contributed by atoms with Crippen LogP contribution in [0.3, 0.4) is 0 Å². The zero-order valence-corrected chi connectivity index (χ0v) is 13.2. The van der Waals surface area contributed by atoms with Crippen LogP contribution in [0.4, 0.5) is 9.18 Å². The first-order valence-corrected chi connectivity index (χ1v) is 8.00. The van der Waals surface area contributed by atoms with Crippen LogP contribution in [-0.2, 0) is 13.0 Å². The van der Waals surface area contributed by atoms with Crippen molar-refractivity contribution in [3.05, 3.63) is 70.5 Å². The van der Waals surface area contributed by atoms with E-state index in [2.05, 4.69) is 22.8 Å². The molecule has 120 valence electrons. The Hall–Kier alpha value is -2.36. The van der Waals surface area contributed by atoms with Gasteiger partial charge in [-0.2, -0.15) is 0 Å². The third-order valence-electron chi connectivity index (χ3n) is 4.36. The second-order valence-electron chi connectivity index (χ2n) is 6.05. The SMILES string of the molecule is Cc1ccc(CNC(=O)NC2CCCc3ccccc32)cc1F. The number of nitrogens with one attached hydrogen (secondary N) is 2. The maximum Gasteiger partial charge on any atom is 0.315 e. The van der Waals surface area contributed by atoms with Crippen molar-refractivity contribution in [2.45, 2.75) is 38.8 Å². The molecule has 3 rings (SSSR count). The Labute approximate surface area is 135 Å². The largest absolute Gasteiger partial charge is 0.334 e. The summed E-state index contributed by atoms with van der Waals surface area (Å²) in [4.78, 5) is 12.1. The van der Waals surface area contributed by atoms with Crippen LogP contribution in [0.2, 0.25) is 0 Å². The molecule has 3 nitrogen and oxygen atoms in total. The van der Waals surface area contributed by atoms with E-state index >= 15 is 0 Å². The molecule has 2 amide bonds. The Kier molecular flexibility index (Phi) is 4.60. The molecule has 4 heteroatoms. The molecule has 0 radical (unpaired) electrons. The molecule has 23 heavy (non-hydrogen) atoms. The van der Waals surface area contributed by atoms with E-state index in [0.29, 0.717) is 12.1 Å². The van der Waals surface area contributed by atoms with Gasteiger partial charge in [0.15, 0.2) is 0 Å². The quantitative estimate of drug-likeness (QED) is 0.883. The molecule has 2 aromatic carbocycles. The highest BCUT2D eigenvalue weighted by atomic mass is 19.1. The van der Waals surface area contributed by atoms with Crippen LogP contribution in [-0.4, -0.2) is 6.03 Å². The van der Waals surface area contributed by atoms with Gasteiger partial charge in [0.2, 0.25) is 0 Å². The predicted octanol–water partition coefficient (Wildman–Crippen LogP) is 4.01. The highest BCUT2D eigenvalue weighted by Crippen LogP contribution is 2.29. The van der Waals surface area contributed by atoms with Gasteiger partial charge in [0, 0.05) is 6.54 Å². The van der Waals surface area contributed by atoms with Gasteiger partial charge in [0.1, 0.15) is 5.82 Å². The average molecular weight is 312 g/mol. The fourth-order valence-corrected chi connectivity index (χ4v) is 3.04. The average Bonchev–Trinajstić information content (AvgIpc) is 2.56. The summed E-state index contributed by atoms with van der Waals surface area (Å²) in [5.41, 5.74) is 3.88. The Bertz CT molecular complexity index is 714. The second kappa shape index (κ2) is 6.82. The number of aryl methyl sites for hydroxylation is 2. The number of hydrogen-bond donors (Lipinski definition) is 2. The minimum absolute atomic E-state index is 0.0507. The Morgan fingerprint density at radius 2 is 2.09 bits per heavy atom. The Morgan fingerprint density at radius 1 is 1.26 bits per heavy atom. The minimum Gasteiger partial charge on any atom is -0.334 e. The summed E-state index contributed by atoms with van der Waals surface area (Å²) in [7, 11) is 0. The van der Waals surface area contributed by atoms with Crippen molar-refractivity contribution >= 4 is 6.03 Å². The van der Waals surface area contributed by atoms with E-state index in [-0.39, 0.29) is 17.9 Å². The molecule has 2 N–H and O–H groups in total. The molecule has 0 spiro atoms. The number of carbonyl (C=O) groups excluding carboxylic acids is 1. The minimum atomic E-state index is -0.245. The van der Waals surface area contributed by atoms with Gasteiger partial charge >= 0.3 is 6.03 Å². The van der Waals surface area contributed by atoms with Gasteiger partial charge in [-0.25, -0.2) is 9.18 Å². The summed E-state index contributed by atoms with van der Waals surface area (Å²) < 4.78 is 13.5. The van der Waals surface area contributed by atoms with E-state index in [1.54, 1.807) is 13.0 Å². The normalized spacial score (nSPS) is 16.5. The summed E-state index contributed by atoms with van der Waals surface area (Å²) in [5, 5.41) is 5.83. The van der Waals surface area contributed by atoms with Gasteiger partial charge in [0.05, 0.1) is 6.04 Å². The van der Waals surface area contributed by atoms with E-state index in [1.807, 2.05) is 18.2 Å². The van der Waals surface area contributed by atoms with Gasteiger partial charge < -0.3 is 10.6 Å². The number of rotatable bonds is 3. The van der Waals surface area contributed by atoms with E-state index in [9.17, 15) is 9.18 Å². The molecule has 1 aliphatic rings. The lowest BCUT2D eigenvalue weighted by Gasteiger charge is -2.26. The zero-order valence-electron chi connectivity index (χ0n) is 13.2. The first-order chi connectivity index (χ1) is 11.1. The van der Waals surface area contributed by atoms with Crippen molar-refractivity contribution in [3.63, 3.8) is 0 Å². The molecule has 0 saturated heterocycles. The maximum absolute atomic E-state index is 13.5. The van der Waals surface area contributed by atoms with Crippen molar-refractivity contribution in [1.82, 2.24) is 10.6 Å². The molecule has 1 atom stereocenters. The first-order valence-electron chi connectivity index (χ1n) is 8.00. The van der Waals surface area contributed by atoms with Gasteiger partial charge in [-0.1, -0.05) is 36.4 Å². The van der Waals surface area contributed by atoms with Crippen LogP contribution in [0.25, 0.3) is 0 Å². The number of fused-ring (bicyclic) bond motifs is 1. The van der Waals surface area contributed by atoms with Crippen LogP contribution >= 0.6 is 0 Å². The van der Waals surface area contributed by atoms with Gasteiger partial charge in [-0.3, -0.25) is 0 Å². The smallest absolute Gasteiger partial charge is 0.315 e. The molecule has 1 aliphatic carbocycles. The summed E-state index contributed by atoms with van der Waals surface area (Å²) in [6, 6.07) is 13.1. The summed E-state index contributed by atoms with van der Waals surface area (Å²) in [5.74, 6) is -0.245. The van der Waals surface area contributed by atoms with Crippen LogP contribution in [0.15, 0.2) is 42.5 Å². The molecular weight excluding hydrogens is 291 g/mol. The molecule has 0 fully saturated rings. The van der Waals surface area contributed by atoms with Crippen LogP contribution in [0, 0.1) is 12.7 Å². The Balaban J connectivity index is 1.59. The molecule has 0 saturated carbocycles. The molecule has 0 bridgehead atoms. The molecule has 0 heterocycles. The summed E-state index contributed by atoms with van der Waals surface area (Å²) in [6.45, 7) is 2.04. The lowest BCUT2D eigenvalue weighted by molar-refractivity contribution is 0.235. The predicted molar refractivity (Wildman–Crippen MR) is 88.6 cm³/mol. The lowest BCUT2D eigenvalue weighted by atomic mass is 9.88. The van der Waals surface area contributed by atoms with Crippen molar-refractivity contribution in [1.29, 1.82) is 0 Å². The number of halogens is 1. The number of benzene rings is 2. The van der Waals surface area contributed by atoms with Crippen LogP contribution < -0.4 is 10.6 Å². The highest BCUT2D eigenvalue weighted by Gasteiger charge is 2.21.